The van der Waals surface area contributed by atoms with Crippen molar-refractivity contribution < 1.29 is 4.52 Å². The Bertz CT molecular complexity index is 764. The van der Waals surface area contributed by atoms with Gasteiger partial charge < -0.3 is 14.8 Å². The normalized spacial score (nSPS) is 11.2. The summed E-state index contributed by atoms with van der Waals surface area (Å²) in [6.45, 7) is 0. The first kappa shape index (κ1) is 10.7. The Morgan fingerprint density at radius 3 is 2.89 bits per heavy atom. The molecule has 0 fully saturated rings. The van der Waals surface area contributed by atoms with Gasteiger partial charge in [-0.05, 0) is 11.6 Å². The lowest BCUT2D eigenvalue weighted by molar-refractivity contribution is 0.385. The molecule has 5 heteroatoms. The Labute approximate surface area is 103 Å². The van der Waals surface area contributed by atoms with E-state index < -0.39 is 0 Å². The molecule has 5 nitrogen and oxygen atoms in total. The quantitative estimate of drug-likeness (QED) is 0.718. The van der Waals surface area contributed by atoms with Crippen LogP contribution in [0.3, 0.4) is 0 Å². The third-order valence-corrected chi connectivity index (χ3v) is 3.14. The number of hydrogen-bond donors (Lipinski definition) is 2. The highest BCUT2D eigenvalue weighted by Crippen LogP contribution is 2.23. The summed E-state index contributed by atoms with van der Waals surface area (Å²) in [6, 6.07) is 8.08. The zero-order chi connectivity index (χ0) is 12.7. The van der Waals surface area contributed by atoms with Crippen molar-refractivity contribution in [2.24, 2.45) is 7.05 Å². The molecule has 3 N–H and O–H groups in total. The van der Waals surface area contributed by atoms with E-state index in [-0.39, 0.29) is 11.2 Å². The minimum atomic E-state index is -0.370. The molecule has 0 radical (unpaired) electrons. The number of para-hydroxylation sites is 1. The van der Waals surface area contributed by atoms with E-state index in [1.165, 1.54) is 0 Å². The number of aromatic nitrogens is 2. The summed E-state index contributed by atoms with van der Waals surface area (Å²) in [5, 5.41) is 3.39. The average molecular weight is 243 g/mol. The molecule has 0 spiro atoms. The van der Waals surface area contributed by atoms with Crippen LogP contribution in [0.2, 0.25) is 0 Å². The third-order valence-electron chi connectivity index (χ3n) is 3.14. The minimum absolute atomic E-state index is 0.155. The molecule has 0 aliphatic heterocycles. The Morgan fingerprint density at radius 1 is 1.39 bits per heavy atom. The second kappa shape index (κ2) is 3.80. The highest BCUT2D eigenvalue weighted by molar-refractivity contribution is 5.84. The highest BCUT2D eigenvalue weighted by Gasteiger charge is 2.13. The summed E-state index contributed by atoms with van der Waals surface area (Å²) in [5.74, 6) is 0.483. The van der Waals surface area contributed by atoms with Crippen molar-refractivity contribution in [3.8, 4) is 0 Å². The summed E-state index contributed by atoms with van der Waals surface area (Å²) < 4.78 is 7.13. The number of benzene rings is 1. The van der Waals surface area contributed by atoms with Gasteiger partial charge in [-0.1, -0.05) is 18.2 Å². The molecule has 2 heterocycles. The molecule has 0 unspecified atom stereocenters. The van der Waals surface area contributed by atoms with Gasteiger partial charge >= 0.3 is 5.56 Å². The monoisotopic (exact) mass is 243 g/mol. The largest absolute Gasteiger partial charge is 0.391 e. The molecule has 3 aromatic rings. The predicted octanol–water partition coefficient (Wildman–Crippen LogP) is 1.63. The van der Waals surface area contributed by atoms with E-state index in [1.807, 2.05) is 36.0 Å². The molecule has 18 heavy (non-hydrogen) atoms. The lowest BCUT2D eigenvalue weighted by Crippen LogP contribution is -2.05. The van der Waals surface area contributed by atoms with Gasteiger partial charge in [0.15, 0.2) is 5.76 Å². The molecular formula is C13H13N3O2. The van der Waals surface area contributed by atoms with E-state index in [2.05, 4.69) is 11.2 Å². The van der Waals surface area contributed by atoms with Crippen LogP contribution in [0, 0.1) is 0 Å². The van der Waals surface area contributed by atoms with Crippen LogP contribution in [0.15, 0.2) is 39.8 Å². The van der Waals surface area contributed by atoms with Crippen molar-refractivity contribution in [1.82, 2.24) is 9.72 Å². The van der Waals surface area contributed by atoms with Gasteiger partial charge in [0, 0.05) is 30.6 Å². The van der Waals surface area contributed by atoms with E-state index in [4.69, 9.17) is 10.3 Å². The van der Waals surface area contributed by atoms with Crippen LogP contribution in [0.25, 0.3) is 10.9 Å². The van der Waals surface area contributed by atoms with Gasteiger partial charge in [-0.25, -0.2) is 0 Å². The van der Waals surface area contributed by atoms with Gasteiger partial charge in [-0.3, -0.25) is 4.79 Å². The average Bonchev–Trinajstić information content (AvgIpc) is 2.86. The number of aromatic amines is 1. The molecule has 2 aromatic heterocycles. The topological polar surface area (TPSA) is 77.0 Å². The number of rotatable bonds is 2. The van der Waals surface area contributed by atoms with Gasteiger partial charge in [-0.2, -0.15) is 5.16 Å². The molecular weight excluding hydrogens is 230 g/mol. The first-order chi connectivity index (χ1) is 8.66. The summed E-state index contributed by atoms with van der Waals surface area (Å²) in [6.07, 6.45) is 2.53. The van der Waals surface area contributed by atoms with Gasteiger partial charge in [0.1, 0.15) is 5.69 Å². The molecule has 0 aliphatic rings. The van der Waals surface area contributed by atoms with Crippen LogP contribution >= 0.6 is 0 Å². The number of nitrogens with zero attached hydrogens (tertiary/aromatic N) is 1. The van der Waals surface area contributed by atoms with Gasteiger partial charge in [0.2, 0.25) is 0 Å². The van der Waals surface area contributed by atoms with Crippen LogP contribution in [-0.2, 0) is 13.5 Å². The predicted molar refractivity (Wildman–Crippen MR) is 69.5 cm³/mol. The van der Waals surface area contributed by atoms with Crippen molar-refractivity contribution in [3.63, 3.8) is 0 Å². The molecule has 0 amide bonds. The minimum Gasteiger partial charge on any atom is -0.391 e. The first-order valence-corrected chi connectivity index (χ1v) is 5.65. The number of aryl methyl sites for hydroxylation is 1. The number of H-pyrrole nitrogens is 1. The van der Waals surface area contributed by atoms with Crippen molar-refractivity contribution in [3.05, 3.63) is 52.1 Å². The molecule has 0 atom stereocenters. The fourth-order valence-corrected chi connectivity index (χ4v) is 2.22. The molecule has 0 saturated carbocycles. The number of hydrogen-bond acceptors (Lipinski definition) is 3. The fourth-order valence-electron chi connectivity index (χ4n) is 2.22. The zero-order valence-corrected chi connectivity index (χ0v) is 9.93. The standard InChI is InChI=1S/C13H13N3O2/c1-16-7-8(9-4-2-3-5-10(9)16)6-11-12(14)13(17)15-18-11/h2-5,7H,6,14H2,1H3,(H,15,17). The van der Waals surface area contributed by atoms with E-state index in [0.29, 0.717) is 12.2 Å². The summed E-state index contributed by atoms with van der Waals surface area (Å²) in [4.78, 5) is 11.2. The lowest BCUT2D eigenvalue weighted by atomic mass is 10.1. The maximum Gasteiger partial charge on any atom is 0.303 e. The first-order valence-electron chi connectivity index (χ1n) is 5.65. The zero-order valence-electron chi connectivity index (χ0n) is 9.93. The van der Waals surface area contributed by atoms with E-state index in [1.54, 1.807) is 0 Å². The molecule has 92 valence electrons. The SMILES string of the molecule is Cn1cc(Cc2o[nH]c(=O)c2N)c2ccccc21. The van der Waals surface area contributed by atoms with Gasteiger partial charge in [-0.15, -0.1) is 0 Å². The fraction of sp³-hybridized carbons (Fsp3) is 0.154. The number of nitrogen functional groups attached to an aromatic ring is 1. The maximum absolute atomic E-state index is 11.2. The van der Waals surface area contributed by atoms with Crippen LogP contribution in [0.5, 0.6) is 0 Å². The van der Waals surface area contributed by atoms with E-state index in [0.717, 1.165) is 16.5 Å². The van der Waals surface area contributed by atoms with Gasteiger partial charge in [0.05, 0.1) is 0 Å². The Balaban J connectivity index is 2.11. The van der Waals surface area contributed by atoms with Crippen molar-refractivity contribution in [2.75, 3.05) is 5.73 Å². The maximum atomic E-state index is 11.2. The second-order valence-corrected chi connectivity index (χ2v) is 4.33. The van der Waals surface area contributed by atoms with Crippen molar-refractivity contribution in [1.29, 1.82) is 0 Å². The third kappa shape index (κ3) is 1.52. The smallest absolute Gasteiger partial charge is 0.303 e. The number of nitrogens with two attached hydrogens (primary N) is 1. The molecule has 1 aromatic carbocycles. The van der Waals surface area contributed by atoms with Crippen LogP contribution in [0.1, 0.15) is 11.3 Å². The number of nitrogens with one attached hydrogen (secondary N) is 1. The Morgan fingerprint density at radius 2 is 2.17 bits per heavy atom. The summed E-state index contributed by atoms with van der Waals surface area (Å²) >= 11 is 0. The molecule has 3 rings (SSSR count). The summed E-state index contributed by atoms with van der Waals surface area (Å²) in [5.41, 5.74) is 7.67. The van der Waals surface area contributed by atoms with Crippen LogP contribution in [-0.4, -0.2) is 9.72 Å². The van der Waals surface area contributed by atoms with Crippen molar-refractivity contribution >= 4 is 16.6 Å². The molecule has 0 bridgehead atoms. The van der Waals surface area contributed by atoms with E-state index >= 15 is 0 Å². The van der Waals surface area contributed by atoms with Gasteiger partial charge in [0.25, 0.3) is 0 Å². The number of fused-ring (bicyclic) bond motifs is 1. The van der Waals surface area contributed by atoms with Crippen LogP contribution < -0.4 is 11.3 Å². The molecule has 0 saturated heterocycles. The Hall–Kier alpha value is -2.43. The van der Waals surface area contributed by atoms with Crippen molar-refractivity contribution in [2.45, 2.75) is 6.42 Å². The molecule has 0 aliphatic carbocycles. The number of anilines is 1. The van der Waals surface area contributed by atoms with Crippen LogP contribution in [0.4, 0.5) is 5.69 Å². The van der Waals surface area contributed by atoms with E-state index in [9.17, 15) is 4.79 Å². The lowest BCUT2D eigenvalue weighted by Gasteiger charge is -1.96. The Kier molecular flexibility index (Phi) is 2.26. The highest BCUT2D eigenvalue weighted by atomic mass is 16.5. The second-order valence-electron chi connectivity index (χ2n) is 4.33. The summed E-state index contributed by atoms with van der Waals surface area (Å²) in [7, 11) is 1.99.